The van der Waals surface area contributed by atoms with Crippen molar-refractivity contribution in [2.24, 2.45) is 0 Å². The fourth-order valence-corrected chi connectivity index (χ4v) is 2.20. The van der Waals surface area contributed by atoms with Crippen molar-refractivity contribution in [1.29, 1.82) is 0 Å². The smallest absolute Gasteiger partial charge is 0.119 e. The summed E-state index contributed by atoms with van der Waals surface area (Å²) in [7, 11) is 2.11. The Kier molecular flexibility index (Phi) is 5.63. The minimum absolute atomic E-state index is 0.303. The van der Waals surface area contributed by atoms with Crippen molar-refractivity contribution in [3.05, 3.63) is 29.8 Å². The van der Waals surface area contributed by atoms with Crippen LogP contribution in [0.3, 0.4) is 0 Å². The topological polar surface area (TPSA) is 33.7 Å². The molecule has 1 unspecified atom stereocenters. The first-order valence-corrected chi connectivity index (χ1v) is 6.94. The third kappa shape index (κ3) is 5.19. The Morgan fingerprint density at radius 2 is 2.37 bits per heavy atom. The van der Waals surface area contributed by atoms with Crippen molar-refractivity contribution in [3.8, 4) is 5.75 Å². The van der Waals surface area contributed by atoms with Gasteiger partial charge < -0.3 is 19.7 Å². The maximum Gasteiger partial charge on any atom is 0.119 e. The molecule has 1 aliphatic rings. The van der Waals surface area contributed by atoms with E-state index in [1.807, 2.05) is 12.1 Å². The lowest BCUT2D eigenvalue weighted by Gasteiger charge is -2.27. The molecular formula is C15H24N2O2. The van der Waals surface area contributed by atoms with Crippen LogP contribution >= 0.6 is 0 Å². The third-order valence-corrected chi connectivity index (χ3v) is 3.25. The zero-order valence-electron chi connectivity index (χ0n) is 11.9. The lowest BCUT2D eigenvalue weighted by Crippen LogP contribution is -2.45. The fourth-order valence-electron chi connectivity index (χ4n) is 2.20. The molecule has 1 fully saturated rings. The number of rotatable bonds is 6. The van der Waals surface area contributed by atoms with Gasteiger partial charge in [-0.15, -0.1) is 0 Å². The summed E-state index contributed by atoms with van der Waals surface area (Å²) in [5, 5.41) is 3.35. The van der Waals surface area contributed by atoms with Gasteiger partial charge in [-0.3, -0.25) is 0 Å². The second kappa shape index (κ2) is 7.48. The molecule has 0 saturated carbocycles. The number of hydrogen-bond acceptors (Lipinski definition) is 4. The molecule has 2 rings (SSSR count). The molecule has 4 nitrogen and oxygen atoms in total. The first kappa shape index (κ1) is 14.3. The van der Waals surface area contributed by atoms with Gasteiger partial charge in [0.05, 0.1) is 12.7 Å². The lowest BCUT2D eigenvalue weighted by atomic mass is 10.2. The predicted octanol–water partition coefficient (Wildman–Crippen LogP) is 1.29. The lowest BCUT2D eigenvalue weighted by molar-refractivity contribution is 0.00848. The molecule has 1 aromatic carbocycles. The maximum absolute atomic E-state index is 5.75. The van der Waals surface area contributed by atoms with Crippen molar-refractivity contribution in [2.75, 3.05) is 46.4 Å². The van der Waals surface area contributed by atoms with Crippen molar-refractivity contribution in [1.82, 2.24) is 10.2 Å². The van der Waals surface area contributed by atoms with Gasteiger partial charge in [0.25, 0.3) is 0 Å². The Morgan fingerprint density at radius 3 is 3.11 bits per heavy atom. The largest absolute Gasteiger partial charge is 0.492 e. The van der Waals surface area contributed by atoms with Crippen LogP contribution in [0.1, 0.15) is 5.56 Å². The molecule has 0 aliphatic carbocycles. The molecule has 0 bridgehead atoms. The van der Waals surface area contributed by atoms with Crippen LogP contribution in [0.25, 0.3) is 0 Å². The van der Waals surface area contributed by atoms with Crippen LogP contribution < -0.4 is 10.1 Å². The summed E-state index contributed by atoms with van der Waals surface area (Å²) < 4.78 is 11.4. The van der Waals surface area contributed by atoms with Crippen LogP contribution in [0.5, 0.6) is 5.75 Å². The summed E-state index contributed by atoms with van der Waals surface area (Å²) in [5.41, 5.74) is 1.23. The third-order valence-electron chi connectivity index (χ3n) is 3.25. The second-order valence-corrected chi connectivity index (χ2v) is 5.12. The van der Waals surface area contributed by atoms with Crippen LogP contribution in [-0.4, -0.2) is 57.4 Å². The zero-order valence-corrected chi connectivity index (χ0v) is 11.9. The van der Waals surface area contributed by atoms with Crippen LogP contribution in [0.4, 0.5) is 0 Å². The first-order chi connectivity index (χ1) is 9.24. The minimum atomic E-state index is 0.303. The van der Waals surface area contributed by atoms with Crippen molar-refractivity contribution in [2.45, 2.75) is 13.0 Å². The van der Waals surface area contributed by atoms with Gasteiger partial charge in [0.2, 0.25) is 0 Å². The quantitative estimate of drug-likeness (QED) is 0.839. The highest BCUT2D eigenvalue weighted by molar-refractivity contribution is 5.27. The number of likely N-dealkylation sites (N-methyl/N-ethyl adjacent to an activating group) is 1. The van der Waals surface area contributed by atoms with Gasteiger partial charge in [0.15, 0.2) is 0 Å². The number of hydrogen-bond donors (Lipinski definition) is 1. The number of morpholine rings is 1. The molecule has 1 heterocycles. The molecule has 19 heavy (non-hydrogen) atoms. The van der Waals surface area contributed by atoms with E-state index in [1.54, 1.807) is 0 Å². The Hall–Kier alpha value is -1.10. The van der Waals surface area contributed by atoms with Gasteiger partial charge in [-0.25, -0.2) is 0 Å². The van der Waals surface area contributed by atoms with Gasteiger partial charge in [-0.1, -0.05) is 12.1 Å². The van der Waals surface area contributed by atoms with Crippen molar-refractivity contribution in [3.63, 3.8) is 0 Å². The van der Waals surface area contributed by atoms with Gasteiger partial charge in [-0.05, 0) is 31.7 Å². The predicted molar refractivity (Wildman–Crippen MR) is 76.8 cm³/mol. The van der Waals surface area contributed by atoms with E-state index in [4.69, 9.17) is 9.47 Å². The van der Waals surface area contributed by atoms with Gasteiger partial charge in [-0.2, -0.15) is 0 Å². The molecule has 0 spiro atoms. The highest BCUT2D eigenvalue weighted by Gasteiger charge is 2.15. The van der Waals surface area contributed by atoms with E-state index in [0.717, 1.165) is 38.5 Å². The minimum Gasteiger partial charge on any atom is -0.492 e. The summed E-state index contributed by atoms with van der Waals surface area (Å²) in [6, 6.07) is 8.16. The average molecular weight is 264 g/mol. The molecule has 106 valence electrons. The summed E-state index contributed by atoms with van der Waals surface area (Å²) >= 11 is 0. The molecule has 0 aromatic heterocycles. The number of nitrogens with zero attached hydrogens (tertiary/aromatic N) is 1. The standard InChI is InChI=1S/C15H24N2O2/c1-13-4-3-5-14(10-13)19-9-7-17(2)12-15-11-16-6-8-18-15/h3-5,10,15-16H,6-9,11-12H2,1-2H3. The number of benzene rings is 1. The second-order valence-electron chi connectivity index (χ2n) is 5.12. The molecular weight excluding hydrogens is 240 g/mol. The van der Waals surface area contributed by atoms with E-state index in [-0.39, 0.29) is 0 Å². The van der Waals surface area contributed by atoms with E-state index in [1.165, 1.54) is 5.56 Å². The first-order valence-electron chi connectivity index (χ1n) is 6.94. The van der Waals surface area contributed by atoms with Gasteiger partial charge in [0.1, 0.15) is 12.4 Å². The van der Waals surface area contributed by atoms with Crippen LogP contribution in [0.15, 0.2) is 24.3 Å². The molecule has 0 radical (unpaired) electrons. The average Bonchev–Trinajstić information content (AvgIpc) is 2.40. The summed E-state index contributed by atoms with van der Waals surface area (Å²) in [5.74, 6) is 0.948. The SMILES string of the molecule is Cc1cccc(OCCN(C)CC2CNCCO2)c1. The van der Waals surface area contributed by atoms with Crippen LogP contribution in [0.2, 0.25) is 0 Å². The highest BCUT2D eigenvalue weighted by Crippen LogP contribution is 2.12. The molecule has 1 saturated heterocycles. The van der Waals surface area contributed by atoms with Crippen LogP contribution in [0, 0.1) is 6.92 Å². The Balaban J connectivity index is 1.64. The molecule has 1 aliphatic heterocycles. The molecule has 1 N–H and O–H groups in total. The molecule has 4 heteroatoms. The van der Waals surface area contributed by atoms with Crippen molar-refractivity contribution >= 4 is 0 Å². The Bertz CT molecular complexity index is 378. The highest BCUT2D eigenvalue weighted by atomic mass is 16.5. The molecule has 1 atom stereocenters. The zero-order chi connectivity index (χ0) is 13.5. The summed E-state index contributed by atoms with van der Waals surface area (Å²) in [6.07, 6.45) is 0.303. The van der Waals surface area contributed by atoms with Gasteiger partial charge >= 0.3 is 0 Å². The van der Waals surface area contributed by atoms with Gasteiger partial charge in [0, 0.05) is 26.2 Å². The number of aryl methyl sites for hydroxylation is 1. The monoisotopic (exact) mass is 264 g/mol. The van der Waals surface area contributed by atoms with E-state index in [2.05, 4.69) is 36.3 Å². The summed E-state index contributed by atoms with van der Waals surface area (Å²) in [4.78, 5) is 2.26. The Labute approximate surface area is 115 Å². The van der Waals surface area contributed by atoms with Crippen molar-refractivity contribution < 1.29 is 9.47 Å². The normalized spacial score (nSPS) is 19.6. The van der Waals surface area contributed by atoms with E-state index in [9.17, 15) is 0 Å². The maximum atomic E-state index is 5.75. The number of nitrogens with one attached hydrogen (secondary N) is 1. The van der Waals surface area contributed by atoms with Crippen LogP contribution in [-0.2, 0) is 4.74 Å². The number of ether oxygens (including phenoxy) is 2. The van der Waals surface area contributed by atoms with E-state index in [0.29, 0.717) is 12.7 Å². The van der Waals surface area contributed by atoms with E-state index >= 15 is 0 Å². The molecule has 1 aromatic rings. The molecule has 0 amide bonds. The summed E-state index contributed by atoms with van der Waals surface area (Å²) in [6.45, 7) is 7.38. The Morgan fingerprint density at radius 1 is 1.47 bits per heavy atom. The van der Waals surface area contributed by atoms with E-state index < -0.39 is 0 Å². The fraction of sp³-hybridized carbons (Fsp3) is 0.600.